The zero-order chi connectivity index (χ0) is 25.7. The summed E-state index contributed by atoms with van der Waals surface area (Å²) >= 11 is 0. The number of rotatable bonds is 8. The zero-order valence-electron chi connectivity index (χ0n) is 21.0. The Balaban J connectivity index is 1.32. The van der Waals surface area contributed by atoms with E-state index in [0.29, 0.717) is 12.2 Å². The van der Waals surface area contributed by atoms with Gasteiger partial charge in [0, 0.05) is 29.1 Å². The summed E-state index contributed by atoms with van der Waals surface area (Å²) in [5.41, 5.74) is -0.00522. The van der Waals surface area contributed by atoms with Crippen LogP contribution in [0.3, 0.4) is 0 Å². The van der Waals surface area contributed by atoms with Gasteiger partial charge >= 0.3 is 12.1 Å². The van der Waals surface area contributed by atoms with Crippen molar-refractivity contribution in [3.8, 4) is 0 Å². The molecule has 2 saturated carbocycles. The molecule has 1 unspecified atom stereocenters. The van der Waals surface area contributed by atoms with Gasteiger partial charge in [-0.05, 0) is 43.5 Å². The van der Waals surface area contributed by atoms with Crippen LogP contribution in [0.5, 0.6) is 0 Å². The molecule has 1 N–H and O–H groups in total. The van der Waals surface area contributed by atoms with Gasteiger partial charge in [-0.1, -0.05) is 32.0 Å². The molecule has 4 fully saturated rings. The van der Waals surface area contributed by atoms with Gasteiger partial charge < -0.3 is 23.8 Å². The lowest BCUT2D eigenvalue weighted by Gasteiger charge is -2.56. The van der Waals surface area contributed by atoms with Gasteiger partial charge in [0.05, 0.1) is 6.61 Å². The summed E-state index contributed by atoms with van der Waals surface area (Å²) in [6, 6.07) is 12.2. The van der Waals surface area contributed by atoms with Gasteiger partial charge in [-0.3, -0.25) is 9.69 Å². The van der Waals surface area contributed by atoms with Gasteiger partial charge in [-0.15, -0.1) is 0 Å². The van der Waals surface area contributed by atoms with Crippen LogP contribution < -0.4 is 0 Å². The molecule has 4 aliphatic rings. The lowest BCUT2D eigenvalue weighted by molar-refractivity contribution is -0.190. The number of likely N-dealkylation sites (tertiary alicyclic amines) is 1. The molecule has 1 aromatic carbocycles. The van der Waals surface area contributed by atoms with Crippen LogP contribution >= 0.6 is 0 Å². The van der Waals surface area contributed by atoms with E-state index in [1.807, 2.05) is 62.5 Å². The standard InChI is InChI=1S/C28H29N3O6/c1-4-35-24(32)18(12-15(2)3)30-25(33)27-22(17-9-7-11-29-17)23(27)28(27,30)31-19(14-36-26(31)34)21-13-16-8-5-6-10-20(16)37-21/h5-11,13,15,18-19,22-23,29H,4,12,14H2,1-3H3/t18-,19-,22?,23-,27-,28-/m1/s1. The molecule has 0 bridgehead atoms. The maximum atomic E-state index is 14.0. The van der Waals surface area contributed by atoms with E-state index in [9.17, 15) is 14.4 Å². The number of esters is 1. The van der Waals surface area contributed by atoms with Gasteiger partial charge in [-0.25, -0.2) is 9.59 Å². The maximum Gasteiger partial charge on any atom is 0.412 e. The number of benzene rings is 1. The van der Waals surface area contributed by atoms with Crippen molar-refractivity contribution in [2.45, 2.75) is 50.9 Å². The fourth-order valence-corrected chi connectivity index (χ4v) is 7.29. The van der Waals surface area contributed by atoms with E-state index in [1.165, 1.54) is 0 Å². The number of ether oxygens (including phenoxy) is 2. The fourth-order valence-electron chi connectivity index (χ4n) is 7.29. The molecule has 192 valence electrons. The summed E-state index contributed by atoms with van der Waals surface area (Å²) in [6.07, 6.45) is 1.79. The molecule has 3 aromatic rings. The van der Waals surface area contributed by atoms with E-state index < -0.39 is 35.2 Å². The Morgan fingerprint density at radius 2 is 2.03 bits per heavy atom. The summed E-state index contributed by atoms with van der Waals surface area (Å²) in [7, 11) is 0. The molecule has 2 aliphatic heterocycles. The summed E-state index contributed by atoms with van der Waals surface area (Å²) < 4.78 is 17.2. The number of cyclic esters (lactones) is 1. The third-order valence-electron chi connectivity index (χ3n) is 8.64. The number of aromatic nitrogens is 1. The normalized spacial score (nSPS) is 32.2. The van der Waals surface area contributed by atoms with Gasteiger partial charge in [0.2, 0.25) is 5.91 Å². The predicted molar refractivity (Wildman–Crippen MR) is 131 cm³/mol. The van der Waals surface area contributed by atoms with Crippen LogP contribution in [0.25, 0.3) is 11.0 Å². The van der Waals surface area contributed by atoms with Crippen molar-refractivity contribution in [2.75, 3.05) is 13.2 Å². The number of H-pyrrole nitrogens is 1. The highest BCUT2D eigenvalue weighted by Gasteiger charge is 3.11. The average molecular weight is 504 g/mol. The Labute approximate surface area is 213 Å². The second-order valence-electron chi connectivity index (χ2n) is 10.9. The molecular formula is C28H29N3O6. The molecule has 9 heteroatoms. The Bertz CT molecular complexity index is 1400. The van der Waals surface area contributed by atoms with Crippen LogP contribution in [0.2, 0.25) is 0 Å². The van der Waals surface area contributed by atoms with Gasteiger partial charge in [-0.2, -0.15) is 0 Å². The third-order valence-corrected chi connectivity index (χ3v) is 8.64. The van der Waals surface area contributed by atoms with Crippen molar-refractivity contribution in [1.82, 2.24) is 14.8 Å². The van der Waals surface area contributed by atoms with E-state index in [0.717, 1.165) is 16.7 Å². The van der Waals surface area contributed by atoms with Crippen LogP contribution in [0.15, 0.2) is 53.1 Å². The van der Waals surface area contributed by atoms with Crippen molar-refractivity contribution >= 4 is 28.9 Å². The zero-order valence-corrected chi connectivity index (χ0v) is 21.0. The molecule has 0 radical (unpaired) electrons. The lowest BCUT2D eigenvalue weighted by Crippen LogP contribution is -2.75. The van der Waals surface area contributed by atoms with Crippen LogP contribution in [-0.2, 0) is 19.1 Å². The highest BCUT2D eigenvalue weighted by molar-refractivity contribution is 6.09. The Hall–Kier alpha value is -3.75. The van der Waals surface area contributed by atoms with E-state index in [4.69, 9.17) is 13.9 Å². The second kappa shape index (κ2) is 7.40. The lowest BCUT2D eigenvalue weighted by atomic mass is 9.79. The second-order valence-corrected chi connectivity index (χ2v) is 10.9. The molecule has 2 aliphatic carbocycles. The van der Waals surface area contributed by atoms with Crippen molar-refractivity contribution in [2.24, 2.45) is 17.3 Å². The highest BCUT2D eigenvalue weighted by Crippen LogP contribution is 2.98. The van der Waals surface area contributed by atoms with E-state index in [1.54, 1.807) is 16.7 Å². The van der Waals surface area contributed by atoms with E-state index in [2.05, 4.69) is 4.98 Å². The number of nitrogens with zero attached hydrogens (tertiary/aromatic N) is 2. The van der Waals surface area contributed by atoms with Crippen molar-refractivity contribution < 1.29 is 28.3 Å². The van der Waals surface area contributed by atoms with Gasteiger partial charge in [0.25, 0.3) is 0 Å². The van der Waals surface area contributed by atoms with Crippen LogP contribution in [0.4, 0.5) is 4.79 Å². The minimum absolute atomic E-state index is 0.0298. The molecule has 4 heterocycles. The first kappa shape index (κ1) is 22.4. The van der Waals surface area contributed by atoms with Crippen LogP contribution in [0, 0.1) is 17.3 Å². The fraction of sp³-hybridized carbons (Fsp3) is 0.464. The predicted octanol–water partition coefficient (Wildman–Crippen LogP) is 4.18. The number of nitrogens with one attached hydrogen (secondary N) is 1. The summed E-state index contributed by atoms with van der Waals surface area (Å²) in [5.74, 6) is 0.0516. The molecule has 7 rings (SSSR count). The van der Waals surface area contributed by atoms with Crippen molar-refractivity contribution in [1.29, 1.82) is 0 Å². The molecule has 37 heavy (non-hydrogen) atoms. The summed E-state index contributed by atoms with van der Waals surface area (Å²) in [5, 5.41) is 0.931. The minimum atomic E-state index is -0.941. The number of β-lactam (4-membered cyclic amide) rings is 1. The smallest absolute Gasteiger partial charge is 0.412 e. The number of furan rings is 1. The van der Waals surface area contributed by atoms with Crippen LogP contribution in [0.1, 0.15) is 50.6 Å². The number of carbonyl (C=O) groups excluding carboxylic acids is 3. The quantitative estimate of drug-likeness (QED) is 0.365. The molecule has 9 nitrogen and oxygen atoms in total. The number of carbonyl (C=O) groups is 3. The maximum absolute atomic E-state index is 14.0. The van der Waals surface area contributed by atoms with E-state index in [-0.39, 0.29) is 36.9 Å². The van der Waals surface area contributed by atoms with Crippen molar-refractivity contribution in [3.63, 3.8) is 0 Å². The third kappa shape index (κ3) is 2.57. The Morgan fingerprint density at radius 1 is 1.22 bits per heavy atom. The Morgan fingerprint density at radius 3 is 2.70 bits per heavy atom. The molecular weight excluding hydrogens is 474 g/mol. The molecule has 2 amide bonds. The molecule has 6 atom stereocenters. The number of fused-ring (bicyclic) bond motifs is 2. The first-order valence-corrected chi connectivity index (χ1v) is 13.0. The first-order chi connectivity index (χ1) is 17.9. The largest absolute Gasteiger partial charge is 0.464 e. The van der Waals surface area contributed by atoms with E-state index >= 15 is 0 Å². The number of aromatic amines is 1. The Kier molecular flexibility index (Phi) is 4.49. The number of hydrogen-bond donors (Lipinski definition) is 1. The molecule has 2 aromatic heterocycles. The number of para-hydroxylation sites is 1. The first-order valence-electron chi connectivity index (χ1n) is 13.0. The number of hydrogen-bond acceptors (Lipinski definition) is 6. The number of piperidine rings is 1. The molecule has 2 saturated heterocycles. The average Bonchev–Trinajstić information content (AvgIpc) is 3.30. The molecule has 1 spiro atoms. The van der Waals surface area contributed by atoms with Crippen molar-refractivity contribution in [3.05, 3.63) is 60.1 Å². The minimum Gasteiger partial charge on any atom is -0.464 e. The summed E-state index contributed by atoms with van der Waals surface area (Å²) in [4.78, 5) is 47.1. The SMILES string of the molecule is CCOC(=O)[C@@H](CC(C)C)N1C(=O)[C@@]23C(c4ccc[nH]4)[C@H]2[C@]13N1C(=O)OC[C@@H]1c1cc2ccccc2o1. The number of amides is 2. The highest BCUT2D eigenvalue weighted by atomic mass is 16.6. The van der Waals surface area contributed by atoms with Gasteiger partial charge in [0.15, 0.2) is 0 Å². The summed E-state index contributed by atoms with van der Waals surface area (Å²) in [6.45, 7) is 6.11. The van der Waals surface area contributed by atoms with Gasteiger partial charge in [0.1, 0.15) is 41.1 Å². The van der Waals surface area contributed by atoms with Crippen LogP contribution in [-0.4, -0.2) is 57.7 Å². The monoisotopic (exact) mass is 503 g/mol. The topological polar surface area (TPSA) is 105 Å².